The van der Waals surface area contributed by atoms with Gasteiger partial charge in [0.05, 0.1) is 6.54 Å². The highest BCUT2D eigenvalue weighted by Gasteiger charge is 1.94. The summed E-state index contributed by atoms with van der Waals surface area (Å²) in [6, 6.07) is 14.8. The molecule has 2 aromatic rings. The molecule has 0 fully saturated rings. The third-order valence-corrected chi connectivity index (χ3v) is 2.37. The van der Waals surface area contributed by atoms with E-state index < -0.39 is 0 Å². The largest absolute Gasteiger partial charge is 0.302 e. The van der Waals surface area contributed by atoms with Crippen molar-refractivity contribution in [3.8, 4) is 12.3 Å². The molecule has 0 aliphatic heterocycles. The predicted octanol–water partition coefficient (Wildman–Crippen LogP) is 2.56. The normalized spacial score (nSPS) is 10.1. The highest BCUT2D eigenvalue weighted by Crippen LogP contribution is 2.15. The van der Waals surface area contributed by atoms with Crippen LogP contribution >= 0.6 is 0 Å². The van der Waals surface area contributed by atoms with Gasteiger partial charge in [0.1, 0.15) is 0 Å². The molecule has 1 N–H and O–H groups in total. The van der Waals surface area contributed by atoms with Gasteiger partial charge >= 0.3 is 0 Å². The Bertz CT molecular complexity index is 494. The van der Waals surface area contributed by atoms with E-state index >= 15 is 0 Å². The van der Waals surface area contributed by atoms with Crippen LogP contribution in [0.2, 0.25) is 0 Å². The zero-order valence-electron chi connectivity index (χ0n) is 8.53. The minimum Gasteiger partial charge on any atom is -0.302 e. The quantitative estimate of drug-likeness (QED) is 0.586. The minimum atomic E-state index is 0.618. The van der Waals surface area contributed by atoms with Crippen molar-refractivity contribution in [2.24, 2.45) is 0 Å². The van der Waals surface area contributed by atoms with Gasteiger partial charge in [0, 0.05) is 6.54 Å². The Hall–Kier alpha value is -1.78. The Balaban J connectivity index is 2.20. The van der Waals surface area contributed by atoms with Crippen LogP contribution in [-0.2, 0) is 6.54 Å². The van der Waals surface area contributed by atoms with Gasteiger partial charge in [-0.3, -0.25) is 0 Å². The summed E-state index contributed by atoms with van der Waals surface area (Å²) in [5.41, 5.74) is 1.27. The van der Waals surface area contributed by atoms with Gasteiger partial charge in [-0.15, -0.1) is 6.42 Å². The molecule has 0 bridgehead atoms. The van der Waals surface area contributed by atoms with Gasteiger partial charge < -0.3 is 5.32 Å². The zero-order valence-corrected chi connectivity index (χ0v) is 8.53. The van der Waals surface area contributed by atoms with Crippen molar-refractivity contribution in [2.45, 2.75) is 6.54 Å². The van der Waals surface area contributed by atoms with Crippen molar-refractivity contribution in [2.75, 3.05) is 6.54 Å². The number of fused-ring (bicyclic) bond motifs is 1. The maximum absolute atomic E-state index is 5.17. The van der Waals surface area contributed by atoms with Crippen LogP contribution in [-0.4, -0.2) is 6.54 Å². The molecule has 0 unspecified atom stereocenters. The smallest absolute Gasteiger partial charge is 0.0576 e. The van der Waals surface area contributed by atoms with Crippen molar-refractivity contribution in [1.29, 1.82) is 0 Å². The van der Waals surface area contributed by atoms with E-state index in [2.05, 4.69) is 53.7 Å². The van der Waals surface area contributed by atoms with Gasteiger partial charge in [-0.1, -0.05) is 42.3 Å². The standard InChI is InChI=1S/C14H13N/c1-2-9-15-11-12-7-8-13-5-3-4-6-14(13)10-12/h1,3-8,10,15H,9,11H2. The lowest BCUT2D eigenvalue weighted by Gasteiger charge is -2.03. The van der Waals surface area contributed by atoms with Crippen molar-refractivity contribution >= 4 is 10.8 Å². The van der Waals surface area contributed by atoms with Gasteiger partial charge in [-0.2, -0.15) is 0 Å². The van der Waals surface area contributed by atoms with Crippen LogP contribution in [0.4, 0.5) is 0 Å². The fraction of sp³-hybridized carbons (Fsp3) is 0.143. The SMILES string of the molecule is C#CCNCc1ccc2ccccc2c1. The van der Waals surface area contributed by atoms with Crippen molar-refractivity contribution in [3.63, 3.8) is 0 Å². The first-order valence-electron chi connectivity index (χ1n) is 5.02. The molecule has 1 heteroatoms. The molecule has 0 aliphatic carbocycles. The van der Waals surface area contributed by atoms with Crippen molar-refractivity contribution in [3.05, 3.63) is 48.0 Å². The first-order valence-corrected chi connectivity index (χ1v) is 5.02. The molecule has 0 radical (unpaired) electrons. The molecule has 0 aliphatic rings. The van der Waals surface area contributed by atoms with E-state index in [1.54, 1.807) is 0 Å². The second kappa shape index (κ2) is 4.63. The van der Waals surface area contributed by atoms with Gasteiger partial charge in [0.2, 0.25) is 0 Å². The molecule has 0 saturated heterocycles. The Morgan fingerprint density at radius 2 is 1.87 bits per heavy atom. The summed E-state index contributed by atoms with van der Waals surface area (Å²) in [5, 5.41) is 5.73. The first kappa shape index (κ1) is 9.76. The number of hydrogen-bond donors (Lipinski definition) is 1. The van der Waals surface area contributed by atoms with E-state index in [9.17, 15) is 0 Å². The van der Waals surface area contributed by atoms with Crippen LogP contribution in [0.3, 0.4) is 0 Å². The van der Waals surface area contributed by atoms with Crippen molar-refractivity contribution < 1.29 is 0 Å². The lowest BCUT2D eigenvalue weighted by atomic mass is 10.1. The third-order valence-electron chi connectivity index (χ3n) is 2.37. The van der Waals surface area contributed by atoms with Crippen molar-refractivity contribution in [1.82, 2.24) is 5.32 Å². The highest BCUT2D eigenvalue weighted by molar-refractivity contribution is 5.82. The first-order chi connectivity index (χ1) is 7.40. The Morgan fingerprint density at radius 1 is 1.07 bits per heavy atom. The summed E-state index contributed by atoms with van der Waals surface area (Å²) in [4.78, 5) is 0. The Labute approximate surface area is 90.1 Å². The van der Waals surface area contributed by atoms with Gasteiger partial charge in [-0.05, 0) is 22.4 Å². The minimum absolute atomic E-state index is 0.618. The van der Waals surface area contributed by atoms with Crippen LogP contribution in [0, 0.1) is 12.3 Å². The van der Waals surface area contributed by atoms with E-state index in [0.29, 0.717) is 6.54 Å². The average molecular weight is 195 g/mol. The molecule has 2 rings (SSSR count). The van der Waals surface area contributed by atoms with Crippen LogP contribution in [0.25, 0.3) is 10.8 Å². The fourth-order valence-electron chi connectivity index (χ4n) is 1.63. The average Bonchev–Trinajstić information content (AvgIpc) is 2.29. The number of hydrogen-bond acceptors (Lipinski definition) is 1. The van der Waals surface area contributed by atoms with Gasteiger partial charge in [0.15, 0.2) is 0 Å². The molecule has 0 spiro atoms. The Kier molecular flexibility index (Phi) is 3.02. The molecule has 74 valence electrons. The molecule has 0 aromatic heterocycles. The van der Waals surface area contributed by atoms with Gasteiger partial charge in [0.25, 0.3) is 0 Å². The molecule has 15 heavy (non-hydrogen) atoms. The number of benzene rings is 2. The zero-order chi connectivity index (χ0) is 10.5. The van der Waals surface area contributed by atoms with E-state index in [1.165, 1.54) is 16.3 Å². The summed E-state index contributed by atoms with van der Waals surface area (Å²) in [7, 11) is 0. The predicted molar refractivity (Wildman–Crippen MR) is 64.5 cm³/mol. The number of nitrogens with one attached hydrogen (secondary N) is 1. The third kappa shape index (κ3) is 2.37. The summed E-state index contributed by atoms with van der Waals surface area (Å²) in [6.07, 6.45) is 5.17. The van der Waals surface area contributed by atoms with E-state index in [-0.39, 0.29) is 0 Å². The lowest BCUT2D eigenvalue weighted by Crippen LogP contribution is -2.12. The van der Waals surface area contributed by atoms with Crippen LogP contribution < -0.4 is 5.32 Å². The molecule has 0 amide bonds. The molecule has 0 atom stereocenters. The van der Waals surface area contributed by atoms with E-state index in [0.717, 1.165) is 6.54 Å². The highest BCUT2D eigenvalue weighted by atomic mass is 14.8. The van der Waals surface area contributed by atoms with Crippen LogP contribution in [0.15, 0.2) is 42.5 Å². The summed E-state index contributed by atoms with van der Waals surface area (Å²) in [6.45, 7) is 1.45. The van der Waals surface area contributed by atoms with E-state index in [4.69, 9.17) is 6.42 Å². The summed E-state index contributed by atoms with van der Waals surface area (Å²) < 4.78 is 0. The van der Waals surface area contributed by atoms with E-state index in [1.807, 2.05) is 0 Å². The molecule has 2 aromatic carbocycles. The molecular formula is C14H13N. The molecule has 0 saturated carbocycles. The maximum Gasteiger partial charge on any atom is 0.0576 e. The van der Waals surface area contributed by atoms with Gasteiger partial charge in [-0.25, -0.2) is 0 Å². The number of rotatable bonds is 3. The number of terminal acetylenes is 1. The monoisotopic (exact) mass is 195 g/mol. The van der Waals surface area contributed by atoms with Crippen LogP contribution in [0.1, 0.15) is 5.56 Å². The second-order valence-corrected chi connectivity index (χ2v) is 3.49. The maximum atomic E-state index is 5.17. The molecule has 0 heterocycles. The second-order valence-electron chi connectivity index (χ2n) is 3.49. The molecular weight excluding hydrogens is 182 g/mol. The van der Waals surface area contributed by atoms with Crippen LogP contribution in [0.5, 0.6) is 0 Å². The molecule has 1 nitrogen and oxygen atoms in total. The topological polar surface area (TPSA) is 12.0 Å². The lowest BCUT2D eigenvalue weighted by molar-refractivity contribution is 0.771. The summed E-state index contributed by atoms with van der Waals surface area (Å²) in [5.74, 6) is 2.56. The summed E-state index contributed by atoms with van der Waals surface area (Å²) >= 11 is 0. The Morgan fingerprint density at radius 3 is 2.67 bits per heavy atom. The fourth-order valence-corrected chi connectivity index (χ4v) is 1.63.